The van der Waals surface area contributed by atoms with Crippen LogP contribution in [0.4, 0.5) is 10.4 Å². The van der Waals surface area contributed by atoms with Crippen molar-refractivity contribution in [2.75, 3.05) is 31.1 Å². The molecule has 4 aromatic rings. The second-order valence-corrected chi connectivity index (χ2v) is 8.63. The van der Waals surface area contributed by atoms with Crippen LogP contribution < -0.4 is 4.90 Å². The third kappa shape index (κ3) is 3.12. The number of anilines is 1. The Bertz CT molecular complexity index is 1310. The molecule has 10 heteroatoms. The van der Waals surface area contributed by atoms with Gasteiger partial charge >= 0.3 is 0 Å². The van der Waals surface area contributed by atoms with E-state index >= 15 is 0 Å². The number of carbonyl (C=O) groups is 1. The Kier molecular flexibility index (Phi) is 4.39. The van der Waals surface area contributed by atoms with Crippen molar-refractivity contribution in [1.29, 1.82) is 0 Å². The maximum absolute atomic E-state index is 14.7. The third-order valence-corrected chi connectivity index (χ3v) is 6.46. The van der Waals surface area contributed by atoms with Crippen molar-refractivity contribution in [3.05, 3.63) is 65.2 Å². The lowest BCUT2D eigenvalue weighted by molar-refractivity contribution is 0.0777. The van der Waals surface area contributed by atoms with Gasteiger partial charge in [-0.05, 0) is 30.3 Å². The van der Waals surface area contributed by atoms with Crippen LogP contribution in [0.25, 0.3) is 16.8 Å². The predicted molar refractivity (Wildman–Crippen MR) is 115 cm³/mol. The van der Waals surface area contributed by atoms with Crippen LogP contribution >= 0.6 is 11.6 Å². The molecular weight excluding hydrogens is 435 g/mol. The summed E-state index contributed by atoms with van der Waals surface area (Å²) in [6.07, 6.45) is 2.99. The Morgan fingerprint density at radius 3 is 2.56 bits per heavy atom. The summed E-state index contributed by atoms with van der Waals surface area (Å²) in [4.78, 5) is 22.9. The van der Waals surface area contributed by atoms with E-state index in [-0.39, 0.29) is 23.3 Å². The zero-order valence-corrected chi connectivity index (χ0v) is 17.6. The van der Waals surface area contributed by atoms with Gasteiger partial charge in [0.2, 0.25) is 0 Å². The van der Waals surface area contributed by atoms with Crippen molar-refractivity contribution in [2.45, 2.75) is 0 Å². The molecule has 32 heavy (non-hydrogen) atoms. The summed E-state index contributed by atoms with van der Waals surface area (Å²) in [5.41, 5.74) is 1.75. The molecule has 2 aromatic heterocycles. The highest BCUT2D eigenvalue weighted by molar-refractivity contribution is 6.31. The van der Waals surface area contributed by atoms with E-state index in [4.69, 9.17) is 16.0 Å². The number of carbonyl (C=O) groups excluding carboxylic acids is 1. The van der Waals surface area contributed by atoms with E-state index in [2.05, 4.69) is 20.1 Å². The quantitative estimate of drug-likeness (QED) is 0.474. The Balaban J connectivity index is 1.21. The standard InChI is InChI=1S/C22H18ClFN6O2/c23-15-4-5-19-17(8-15)27-22(32-19)29-11-13-9-28(10-14(13)12-29)21(31)20-16(24)2-1-3-18(20)30-25-6-7-26-30/h1-8,13-14H,9-12H2. The van der Waals surface area contributed by atoms with Crippen LogP contribution in [0.2, 0.25) is 5.02 Å². The van der Waals surface area contributed by atoms with E-state index in [0.29, 0.717) is 35.4 Å². The van der Waals surface area contributed by atoms with Gasteiger partial charge in [0.05, 0.1) is 12.4 Å². The molecule has 8 nitrogen and oxygen atoms in total. The van der Waals surface area contributed by atoms with Crippen LogP contribution in [0.3, 0.4) is 0 Å². The van der Waals surface area contributed by atoms with Crippen LogP contribution in [0.1, 0.15) is 10.4 Å². The van der Waals surface area contributed by atoms with E-state index < -0.39 is 5.82 Å². The molecule has 2 atom stereocenters. The molecule has 6 rings (SSSR count). The molecule has 2 saturated heterocycles. The molecule has 2 aliphatic rings. The van der Waals surface area contributed by atoms with Crippen molar-refractivity contribution in [1.82, 2.24) is 24.9 Å². The van der Waals surface area contributed by atoms with Crippen LogP contribution in [0, 0.1) is 17.7 Å². The summed E-state index contributed by atoms with van der Waals surface area (Å²) >= 11 is 6.05. The highest BCUT2D eigenvalue weighted by Crippen LogP contribution is 2.36. The fraction of sp³-hybridized carbons (Fsp3) is 0.273. The number of likely N-dealkylation sites (tertiary alicyclic amines) is 1. The van der Waals surface area contributed by atoms with E-state index in [1.165, 1.54) is 23.3 Å². The van der Waals surface area contributed by atoms with Gasteiger partial charge in [-0.1, -0.05) is 17.7 Å². The molecular formula is C22H18ClFN6O2. The van der Waals surface area contributed by atoms with Crippen LogP contribution in [-0.2, 0) is 0 Å². The maximum Gasteiger partial charge on any atom is 0.298 e. The average molecular weight is 453 g/mol. The molecule has 1 amide bonds. The lowest BCUT2D eigenvalue weighted by Crippen LogP contribution is -2.34. The lowest BCUT2D eigenvalue weighted by Gasteiger charge is -2.22. The summed E-state index contributed by atoms with van der Waals surface area (Å²) in [5.74, 6) is -0.396. The lowest BCUT2D eigenvalue weighted by atomic mass is 10.0. The van der Waals surface area contributed by atoms with Gasteiger partial charge in [-0.15, -0.1) is 0 Å². The zero-order chi connectivity index (χ0) is 21.8. The Morgan fingerprint density at radius 1 is 1.06 bits per heavy atom. The first-order valence-corrected chi connectivity index (χ1v) is 10.7. The Hall–Kier alpha value is -3.46. The predicted octanol–water partition coefficient (Wildman–Crippen LogP) is 3.41. The van der Waals surface area contributed by atoms with Gasteiger partial charge in [0.15, 0.2) is 5.58 Å². The first-order chi connectivity index (χ1) is 15.6. The molecule has 2 aromatic carbocycles. The number of hydrogen-bond donors (Lipinski definition) is 0. The smallest absolute Gasteiger partial charge is 0.298 e. The summed E-state index contributed by atoms with van der Waals surface area (Å²) in [6, 6.07) is 10.4. The molecule has 0 N–H and O–H groups in total. The van der Waals surface area contributed by atoms with Crippen LogP contribution in [-0.4, -0.2) is 57.0 Å². The van der Waals surface area contributed by atoms with Gasteiger partial charge in [-0.3, -0.25) is 4.79 Å². The second-order valence-electron chi connectivity index (χ2n) is 8.20. The van der Waals surface area contributed by atoms with Gasteiger partial charge in [0.1, 0.15) is 22.6 Å². The number of rotatable bonds is 3. The molecule has 2 fully saturated rings. The van der Waals surface area contributed by atoms with Gasteiger partial charge in [0, 0.05) is 43.0 Å². The van der Waals surface area contributed by atoms with E-state index in [0.717, 1.165) is 18.6 Å². The number of benzene rings is 2. The van der Waals surface area contributed by atoms with Gasteiger partial charge in [-0.25, -0.2) is 4.39 Å². The summed E-state index contributed by atoms with van der Waals surface area (Å²) < 4.78 is 20.6. The van der Waals surface area contributed by atoms with E-state index in [1.807, 2.05) is 6.07 Å². The Labute approximate surface area is 187 Å². The molecule has 0 bridgehead atoms. The Morgan fingerprint density at radius 2 is 1.81 bits per heavy atom. The van der Waals surface area contributed by atoms with Gasteiger partial charge in [-0.2, -0.15) is 20.0 Å². The fourth-order valence-corrected chi connectivity index (χ4v) is 4.89. The van der Waals surface area contributed by atoms with Gasteiger partial charge in [0.25, 0.3) is 11.9 Å². The highest BCUT2D eigenvalue weighted by Gasteiger charge is 2.43. The molecule has 0 saturated carbocycles. The topological polar surface area (TPSA) is 80.3 Å². The number of nitrogens with zero attached hydrogens (tertiary/aromatic N) is 6. The molecule has 0 radical (unpaired) electrons. The van der Waals surface area contributed by atoms with Crippen LogP contribution in [0.5, 0.6) is 0 Å². The van der Waals surface area contributed by atoms with Gasteiger partial charge < -0.3 is 14.2 Å². The minimum Gasteiger partial charge on any atom is -0.423 e. The molecule has 0 aliphatic carbocycles. The number of oxazole rings is 1. The van der Waals surface area contributed by atoms with E-state index in [9.17, 15) is 9.18 Å². The monoisotopic (exact) mass is 452 g/mol. The highest BCUT2D eigenvalue weighted by atomic mass is 35.5. The summed E-state index contributed by atoms with van der Waals surface area (Å²) in [6.45, 7) is 2.54. The molecule has 4 heterocycles. The van der Waals surface area contributed by atoms with E-state index in [1.54, 1.807) is 29.2 Å². The number of amides is 1. The fourth-order valence-electron chi connectivity index (χ4n) is 4.73. The summed E-state index contributed by atoms with van der Waals surface area (Å²) in [5, 5.41) is 8.73. The van der Waals surface area contributed by atoms with Crippen molar-refractivity contribution < 1.29 is 13.6 Å². The number of fused-ring (bicyclic) bond motifs is 2. The normalized spacial score (nSPS) is 20.3. The number of halogens is 2. The first kappa shape index (κ1) is 19.2. The number of hydrogen-bond acceptors (Lipinski definition) is 6. The van der Waals surface area contributed by atoms with Crippen molar-refractivity contribution >= 4 is 34.6 Å². The zero-order valence-electron chi connectivity index (χ0n) is 16.9. The minimum absolute atomic E-state index is 0.00337. The van der Waals surface area contributed by atoms with Crippen molar-refractivity contribution in [3.8, 4) is 5.69 Å². The SMILES string of the molecule is O=C(c1c(F)cccc1-n1nccn1)N1CC2CN(c3nc4cc(Cl)ccc4o3)CC2C1. The van der Waals surface area contributed by atoms with Crippen molar-refractivity contribution in [3.63, 3.8) is 0 Å². The maximum atomic E-state index is 14.7. The summed E-state index contributed by atoms with van der Waals surface area (Å²) in [7, 11) is 0. The average Bonchev–Trinajstić information content (AvgIpc) is 3.55. The number of aromatic nitrogens is 4. The van der Waals surface area contributed by atoms with Crippen LogP contribution in [0.15, 0.2) is 53.2 Å². The molecule has 2 aliphatic heterocycles. The third-order valence-electron chi connectivity index (χ3n) is 6.22. The molecule has 0 spiro atoms. The molecule has 162 valence electrons. The van der Waals surface area contributed by atoms with Crippen molar-refractivity contribution in [2.24, 2.45) is 11.8 Å². The largest absolute Gasteiger partial charge is 0.423 e. The first-order valence-electron chi connectivity index (χ1n) is 10.3. The molecule has 2 unspecified atom stereocenters. The minimum atomic E-state index is -0.575. The second kappa shape index (κ2) is 7.30.